The molecule has 0 aliphatic carbocycles. The maximum atomic E-state index is 13.4. The number of fused-ring (bicyclic) bond motifs is 2. The van der Waals surface area contributed by atoms with Crippen molar-refractivity contribution >= 4 is 68.1 Å². The summed E-state index contributed by atoms with van der Waals surface area (Å²) in [6.45, 7) is 0. The number of hydrogen-bond donors (Lipinski definition) is 0. The van der Waals surface area contributed by atoms with Crippen molar-refractivity contribution in [2.45, 2.75) is 6.04 Å². The molecule has 0 unspecified atom stereocenters. The van der Waals surface area contributed by atoms with Crippen LogP contribution < -0.4 is 10.3 Å². The van der Waals surface area contributed by atoms with Gasteiger partial charge in [0.25, 0.3) is 5.91 Å². The fourth-order valence-corrected chi connectivity index (χ4v) is 4.62. The Labute approximate surface area is 183 Å². The Hall–Kier alpha value is -2.38. The molecule has 0 spiro atoms. The minimum atomic E-state index is -0.752. The second kappa shape index (κ2) is 6.85. The molecule has 29 heavy (non-hydrogen) atoms. The van der Waals surface area contributed by atoms with Gasteiger partial charge in [-0.1, -0.05) is 40.9 Å². The number of carbonyl (C=O) groups is 1. The first-order valence-electron chi connectivity index (χ1n) is 8.40. The molecule has 0 N–H and O–H groups in total. The molecule has 0 fully saturated rings. The van der Waals surface area contributed by atoms with Gasteiger partial charge in [-0.05, 0) is 35.9 Å². The third kappa shape index (κ3) is 2.87. The first-order valence-corrected chi connectivity index (χ1v) is 10.4. The fraction of sp³-hybridized carbons (Fsp3) is 0.0500. The highest BCUT2D eigenvalue weighted by molar-refractivity contribution is 7.13. The zero-order valence-electron chi connectivity index (χ0n) is 14.4. The van der Waals surface area contributed by atoms with Crippen molar-refractivity contribution in [1.82, 2.24) is 4.98 Å². The number of benzene rings is 2. The molecule has 1 amide bonds. The number of carbonyl (C=O) groups excluding carboxylic acids is 1. The van der Waals surface area contributed by atoms with Crippen molar-refractivity contribution in [3.05, 3.63) is 90.2 Å². The van der Waals surface area contributed by atoms with E-state index in [-0.39, 0.29) is 16.8 Å². The second-order valence-electron chi connectivity index (χ2n) is 6.38. The monoisotopic (exact) mass is 462 g/mol. The Kier molecular flexibility index (Phi) is 4.40. The van der Waals surface area contributed by atoms with Crippen molar-refractivity contribution in [1.29, 1.82) is 0 Å². The average Bonchev–Trinajstić information content (AvgIpc) is 3.32. The van der Waals surface area contributed by atoms with Crippen LogP contribution in [0.25, 0.3) is 11.0 Å². The predicted octanol–water partition coefficient (Wildman–Crippen LogP) is 5.96. The summed E-state index contributed by atoms with van der Waals surface area (Å²) in [6, 6.07) is 8.95. The van der Waals surface area contributed by atoms with Gasteiger partial charge in [-0.15, -0.1) is 11.3 Å². The fourth-order valence-electron chi connectivity index (χ4n) is 3.48. The Morgan fingerprint density at radius 1 is 1.03 bits per heavy atom. The molecule has 144 valence electrons. The Morgan fingerprint density at radius 2 is 1.86 bits per heavy atom. The number of halogens is 3. The van der Waals surface area contributed by atoms with Crippen molar-refractivity contribution < 1.29 is 9.21 Å². The smallest absolute Gasteiger partial charge is 0.297 e. The third-order valence-electron chi connectivity index (χ3n) is 4.72. The van der Waals surface area contributed by atoms with Crippen LogP contribution in [0.5, 0.6) is 0 Å². The number of rotatable bonds is 2. The van der Waals surface area contributed by atoms with Crippen LogP contribution in [-0.2, 0) is 0 Å². The summed E-state index contributed by atoms with van der Waals surface area (Å²) in [6.07, 6.45) is 1.59. The summed E-state index contributed by atoms with van der Waals surface area (Å²) >= 11 is 19.6. The van der Waals surface area contributed by atoms with Gasteiger partial charge in [0.1, 0.15) is 5.58 Å². The molecular formula is C20H9Cl3N2O3S. The van der Waals surface area contributed by atoms with E-state index in [1.54, 1.807) is 41.9 Å². The lowest BCUT2D eigenvalue weighted by Crippen LogP contribution is -2.29. The van der Waals surface area contributed by atoms with Gasteiger partial charge in [0, 0.05) is 16.6 Å². The van der Waals surface area contributed by atoms with Gasteiger partial charge in [-0.2, -0.15) is 0 Å². The zero-order chi connectivity index (χ0) is 20.3. The Bertz CT molecular complexity index is 1350. The summed E-state index contributed by atoms with van der Waals surface area (Å²) in [5.74, 6) is -0.462. The first kappa shape index (κ1) is 18.6. The number of hydrogen-bond acceptors (Lipinski definition) is 5. The van der Waals surface area contributed by atoms with Gasteiger partial charge in [-0.25, -0.2) is 4.98 Å². The minimum absolute atomic E-state index is 0.0175. The van der Waals surface area contributed by atoms with E-state index in [1.807, 2.05) is 0 Å². The Morgan fingerprint density at radius 3 is 2.59 bits per heavy atom. The summed E-state index contributed by atoms with van der Waals surface area (Å²) < 4.78 is 5.85. The molecule has 3 heterocycles. The topological polar surface area (TPSA) is 63.4 Å². The highest BCUT2D eigenvalue weighted by Gasteiger charge is 2.44. The van der Waals surface area contributed by atoms with Crippen LogP contribution in [0.15, 0.2) is 57.2 Å². The maximum absolute atomic E-state index is 13.4. The minimum Gasteiger partial charge on any atom is -0.450 e. The summed E-state index contributed by atoms with van der Waals surface area (Å²) in [7, 11) is 0. The molecule has 0 saturated heterocycles. The molecule has 0 radical (unpaired) electrons. The maximum Gasteiger partial charge on any atom is 0.297 e. The zero-order valence-corrected chi connectivity index (χ0v) is 17.4. The van der Waals surface area contributed by atoms with Gasteiger partial charge in [-0.3, -0.25) is 14.5 Å². The number of nitrogens with zero attached hydrogens (tertiary/aromatic N) is 2. The van der Waals surface area contributed by atoms with Gasteiger partial charge in [0.15, 0.2) is 10.6 Å². The molecule has 5 rings (SSSR count). The van der Waals surface area contributed by atoms with E-state index in [0.717, 1.165) is 0 Å². The molecule has 0 bridgehead atoms. The van der Waals surface area contributed by atoms with Crippen molar-refractivity contribution in [2.24, 2.45) is 0 Å². The van der Waals surface area contributed by atoms with Gasteiger partial charge in [0.2, 0.25) is 5.76 Å². The third-order valence-corrected chi connectivity index (χ3v) is 6.46. The van der Waals surface area contributed by atoms with Gasteiger partial charge >= 0.3 is 0 Å². The molecule has 1 aliphatic rings. The lowest BCUT2D eigenvalue weighted by Gasteiger charge is -2.22. The van der Waals surface area contributed by atoms with Crippen LogP contribution in [0.4, 0.5) is 5.13 Å². The van der Waals surface area contributed by atoms with E-state index in [9.17, 15) is 9.59 Å². The molecule has 2 aromatic heterocycles. The molecule has 4 aromatic rings. The normalized spacial score (nSPS) is 15.9. The van der Waals surface area contributed by atoms with Crippen LogP contribution in [-0.4, -0.2) is 10.9 Å². The lowest BCUT2D eigenvalue weighted by molar-refractivity contribution is 0.0971. The summed E-state index contributed by atoms with van der Waals surface area (Å²) in [5.41, 5.74) is 0.807. The van der Waals surface area contributed by atoms with E-state index in [0.29, 0.717) is 36.7 Å². The van der Waals surface area contributed by atoms with Crippen LogP contribution >= 0.6 is 46.1 Å². The van der Waals surface area contributed by atoms with Crippen LogP contribution in [0, 0.1) is 0 Å². The van der Waals surface area contributed by atoms with Crippen molar-refractivity contribution in [3.63, 3.8) is 0 Å². The molecule has 0 saturated carbocycles. The van der Waals surface area contributed by atoms with Crippen LogP contribution in [0.1, 0.15) is 27.7 Å². The molecule has 5 nitrogen and oxygen atoms in total. The summed E-state index contributed by atoms with van der Waals surface area (Å²) in [4.78, 5) is 32.4. The van der Waals surface area contributed by atoms with Crippen molar-refractivity contribution in [2.75, 3.05) is 4.90 Å². The number of thiazole rings is 1. The van der Waals surface area contributed by atoms with E-state index in [2.05, 4.69) is 4.98 Å². The SMILES string of the molecule is O=C1c2oc3ccc(Cl)cc3c(=O)c2[C@@H](c2ccc(Cl)c(Cl)c2)N1c1nccs1. The molecular weight excluding hydrogens is 455 g/mol. The predicted molar refractivity (Wildman–Crippen MR) is 115 cm³/mol. The van der Waals surface area contributed by atoms with Crippen LogP contribution in [0.3, 0.4) is 0 Å². The average molecular weight is 464 g/mol. The molecule has 9 heteroatoms. The highest BCUT2D eigenvalue weighted by atomic mass is 35.5. The van der Waals surface area contributed by atoms with Gasteiger partial charge in [0.05, 0.1) is 27.0 Å². The number of amides is 1. The first-order chi connectivity index (χ1) is 14.0. The van der Waals surface area contributed by atoms with E-state index < -0.39 is 11.9 Å². The largest absolute Gasteiger partial charge is 0.450 e. The van der Waals surface area contributed by atoms with E-state index in [4.69, 9.17) is 39.2 Å². The Balaban J connectivity index is 1.84. The highest BCUT2D eigenvalue weighted by Crippen LogP contribution is 2.43. The molecule has 1 atom stereocenters. The quantitative estimate of drug-likeness (QED) is 0.368. The summed E-state index contributed by atoms with van der Waals surface area (Å²) in [5, 5.41) is 3.59. The van der Waals surface area contributed by atoms with E-state index >= 15 is 0 Å². The number of aromatic nitrogens is 1. The second-order valence-corrected chi connectivity index (χ2v) is 8.50. The van der Waals surface area contributed by atoms with Gasteiger partial charge < -0.3 is 4.42 Å². The van der Waals surface area contributed by atoms with E-state index in [1.165, 1.54) is 22.3 Å². The van der Waals surface area contributed by atoms with Crippen molar-refractivity contribution in [3.8, 4) is 0 Å². The standard InChI is InChI=1S/C20H9Cl3N2O3S/c21-10-2-4-14-11(8-10)17(26)15-16(9-1-3-12(22)13(23)7-9)25(19(27)18(15)28-14)20-24-5-6-29-20/h1-8,16H/t16-/m1/s1. The number of anilines is 1. The molecule has 2 aromatic carbocycles. The molecule has 1 aliphatic heterocycles. The van der Waals surface area contributed by atoms with Crippen LogP contribution in [0.2, 0.25) is 15.1 Å². The lowest BCUT2D eigenvalue weighted by atomic mass is 9.99.